The number of aromatic nitrogens is 3. The Kier molecular flexibility index (Phi) is 3.77. The number of aryl methyl sites for hydroxylation is 1. The van der Waals surface area contributed by atoms with Crippen LogP contribution < -0.4 is 0 Å². The van der Waals surface area contributed by atoms with E-state index in [2.05, 4.69) is 23.9 Å². The Morgan fingerprint density at radius 3 is 2.67 bits per heavy atom. The molecule has 0 bridgehead atoms. The molecule has 4 nitrogen and oxygen atoms in total. The Bertz CT molecular complexity index is 519. The van der Waals surface area contributed by atoms with Crippen LogP contribution in [0.3, 0.4) is 0 Å². The van der Waals surface area contributed by atoms with Gasteiger partial charge in [-0.2, -0.15) is 5.10 Å². The number of hydrogen-bond acceptors (Lipinski definition) is 3. The summed E-state index contributed by atoms with van der Waals surface area (Å²) in [4.78, 5) is 4.33. The molecule has 0 spiro atoms. The summed E-state index contributed by atoms with van der Waals surface area (Å²) in [5, 5.41) is 14.6. The highest BCUT2D eigenvalue weighted by Crippen LogP contribution is 2.16. The van der Waals surface area contributed by atoms with E-state index in [-0.39, 0.29) is 0 Å². The molecule has 1 N–H and O–H groups in total. The van der Waals surface area contributed by atoms with E-state index in [0.717, 1.165) is 11.4 Å². The zero-order valence-electron chi connectivity index (χ0n) is 11.0. The average molecular weight is 245 g/mol. The fourth-order valence-electron chi connectivity index (χ4n) is 1.83. The first kappa shape index (κ1) is 12.8. The smallest absolute Gasteiger partial charge is 0.102 e. The molecule has 2 heterocycles. The summed E-state index contributed by atoms with van der Waals surface area (Å²) in [5.41, 5.74) is 2.51. The van der Waals surface area contributed by atoms with E-state index < -0.39 is 6.10 Å². The van der Waals surface area contributed by atoms with Gasteiger partial charge in [-0.3, -0.25) is 9.67 Å². The van der Waals surface area contributed by atoms with Crippen LogP contribution in [0.1, 0.15) is 43.1 Å². The molecule has 1 unspecified atom stereocenters. The summed E-state index contributed by atoms with van der Waals surface area (Å²) in [6.45, 7) is 6.08. The van der Waals surface area contributed by atoms with Crippen molar-refractivity contribution in [1.29, 1.82) is 0 Å². The van der Waals surface area contributed by atoms with Gasteiger partial charge in [-0.05, 0) is 39.0 Å². The summed E-state index contributed by atoms with van der Waals surface area (Å²) in [6.07, 6.45) is 1.84. The molecule has 0 amide bonds. The predicted molar refractivity (Wildman–Crippen MR) is 70.2 cm³/mol. The maximum absolute atomic E-state index is 10.1. The topological polar surface area (TPSA) is 50.9 Å². The normalized spacial score (nSPS) is 12.9. The minimum atomic E-state index is -0.597. The number of nitrogens with zero attached hydrogens (tertiary/aromatic N) is 3. The standard InChI is InChI=1S/C14H19N3O/c1-10(2)17-8-7-12(16-17)9-14(18)13-6-4-5-11(3)15-13/h4-8,10,14,18H,9H2,1-3H3. The van der Waals surface area contributed by atoms with Crippen molar-refractivity contribution in [2.75, 3.05) is 0 Å². The van der Waals surface area contributed by atoms with Gasteiger partial charge in [-0.1, -0.05) is 6.07 Å². The maximum Gasteiger partial charge on any atom is 0.102 e. The summed E-state index contributed by atoms with van der Waals surface area (Å²) in [6, 6.07) is 7.96. The van der Waals surface area contributed by atoms with Gasteiger partial charge in [0.1, 0.15) is 6.10 Å². The molecule has 18 heavy (non-hydrogen) atoms. The molecule has 96 valence electrons. The zero-order chi connectivity index (χ0) is 13.1. The van der Waals surface area contributed by atoms with Gasteiger partial charge in [0.25, 0.3) is 0 Å². The van der Waals surface area contributed by atoms with Crippen molar-refractivity contribution in [3.05, 3.63) is 47.5 Å². The van der Waals surface area contributed by atoms with Crippen molar-refractivity contribution in [3.8, 4) is 0 Å². The number of aliphatic hydroxyl groups excluding tert-OH is 1. The third kappa shape index (κ3) is 2.96. The highest BCUT2D eigenvalue weighted by Gasteiger charge is 2.12. The monoisotopic (exact) mass is 245 g/mol. The molecule has 0 aliphatic carbocycles. The van der Waals surface area contributed by atoms with Crippen molar-refractivity contribution >= 4 is 0 Å². The first-order chi connectivity index (χ1) is 8.56. The van der Waals surface area contributed by atoms with Crippen LogP contribution in [0, 0.1) is 6.92 Å². The minimum Gasteiger partial charge on any atom is -0.386 e. The largest absolute Gasteiger partial charge is 0.386 e. The summed E-state index contributed by atoms with van der Waals surface area (Å²) in [7, 11) is 0. The van der Waals surface area contributed by atoms with Crippen LogP contribution in [0.2, 0.25) is 0 Å². The summed E-state index contributed by atoms with van der Waals surface area (Å²) < 4.78 is 1.89. The van der Waals surface area contributed by atoms with Gasteiger partial charge in [0.05, 0.1) is 11.4 Å². The quantitative estimate of drug-likeness (QED) is 0.900. The molecular weight excluding hydrogens is 226 g/mol. The maximum atomic E-state index is 10.1. The van der Waals surface area contributed by atoms with Crippen molar-refractivity contribution in [2.24, 2.45) is 0 Å². The van der Waals surface area contributed by atoms with Crippen LogP contribution >= 0.6 is 0 Å². The fraction of sp³-hybridized carbons (Fsp3) is 0.429. The molecule has 0 radical (unpaired) electrons. The molecule has 0 saturated carbocycles. The van der Waals surface area contributed by atoms with E-state index in [9.17, 15) is 5.11 Å². The SMILES string of the molecule is Cc1cccc(C(O)Cc2ccn(C(C)C)n2)n1. The Morgan fingerprint density at radius 2 is 2.06 bits per heavy atom. The van der Waals surface area contributed by atoms with Crippen LogP contribution in [0.25, 0.3) is 0 Å². The summed E-state index contributed by atoms with van der Waals surface area (Å²) >= 11 is 0. The number of pyridine rings is 1. The Balaban J connectivity index is 2.08. The lowest BCUT2D eigenvalue weighted by atomic mass is 10.1. The van der Waals surface area contributed by atoms with E-state index in [1.807, 2.05) is 42.1 Å². The zero-order valence-corrected chi connectivity index (χ0v) is 11.0. The van der Waals surface area contributed by atoms with Gasteiger partial charge in [-0.25, -0.2) is 0 Å². The van der Waals surface area contributed by atoms with E-state index in [4.69, 9.17) is 0 Å². The van der Waals surface area contributed by atoms with Crippen LogP contribution in [0.4, 0.5) is 0 Å². The third-order valence-electron chi connectivity index (χ3n) is 2.85. The van der Waals surface area contributed by atoms with Crippen LogP contribution in [-0.4, -0.2) is 19.9 Å². The third-order valence-corrected chi connectivity index (χ3v) is 2.85. The number of aliphatic hydroxyl groups is 1. The van der Waals surface area contributed by atoms with Gasteiger partial charge in [0.2, 0.25) is 0 Å². The van der Waals surface area contributed by atoms with Gasteiger partial charge in [-0.15, -0.1) is 0 Å². The highest BCUT2D eigenvalue weighted by molar-refractivity contribution is 5.14. The second-order valence-corrected chi connectivity index (χ2v) is 4.80. The van der Waals surface area contributed by atoms with Crippen molar-refractivity contribution in [3.63, 3.8) is 0 Å². The Morgan fingerprint density at radius 1 is 1.28 bits per heavy atom. The second-order valence-electron chi connectivity index (χ2n) is 4.80. The molecule has 4 heteroatoms. The number of rotatable bonds is 4. The molecule has 0 fully saturated rings. The average Bonchev–Trinajstić information content (AvgIpc) is 2.77. The van der Waals surface area contributed by atoms with Crippen LogP contribution in [0.5, 0.6) is 0 Å². The minimum absolute atomic E-state index is 0.341. The Labute approximate surface area is 107 Å². The first-order valence-corrected chi connectivity index (χ1v) is 6.22. The van der Waals surface area contributed by atoms with Gasteiger partial charge < -0.3 is 5.11 Å². The van der Waals surface area contributed by atoms with E-state index >= 15 is 0 Å². The lowest BCUT2D eigenvalue weighted by molar-refractivity contribution is 0.172. The van der Waals surface area contributed by atoms with Gasteiger partial charge in [0.15, 0.2) is 0 Å². The van der Waals surface area contributed by atoms with Gasteiger partial charge >= 0.3 is 0 Å². The van der Waals surface area contributed by atoms with E-state index in [0.29, 0.717) is 18.2 Å². The van der Waals surface area contributed by atoms with Crippen molar-refractivity contribution < 1.29 is 5.11 Å². The fourth-order valence-corrected chi connectivity index (χ4v) is 1.83. The predicted octanol–water partition coefficient (Wildman–Crippen LogP) is 2.44. The molecule has 2 rings (SSSR count). The van der Waals surface area contributed by atoms with Crippen LogP contribution in [-0.2, 0) is 6.42 Å². The summed E-state index contributed by atoms with van der Waals surface area (Å²) in [5.74, 6) is 0. The molecule has 2 aromatic rings. The molecule has 0 aliphatic rings. The highest BCUT2D eigenvalue weighted by atomic mass is 16.3. The lowest BCUT2D eigenvalue weighted by Crippen LogP contribution is -2.07. The molecule has 0 aromatic carbocycles. The number of hydrogen-bond donors (Lipinski definition) is 1. The van der Waals surface area contributed by atoms with E-state index in [1.54, 1.807) is 0 Å². The molecule has 2 aromatic heterocycles. The van der Waals surface area contributed by atoms with Crippen LogP contribution in [0.15, 0.2) is 30.5 Å². The van der Waals surface area contributed by atoms with Crippen molar-refractivity contribution in [2.45, 2.75) is 39.3 Å². The molecule has 0 saturated heterocycles. The van der Waals surface area contributed by atoms with E-state index in [1.165, 1.54) is 0 Å². The molecular formula is C14H19N3O. The van der Waals surface area contributed by atoms with Crippen molar-refractivity contribution in [1.82, 2.24) is 14.8 Å². The van der Waals surface area contributed by atoms with Gasteiger partial charge in [0, 0.05) is 24.4 Å². The Hall–Kier alpha value is -1.68. The lowest BCUT2D eigenvalue weighted by Gasteiger charge is -2.09. The molecule has 1 atom stereocenters. The first-order valence-electron chi connectivity index (χ1n) is 6.22. The second kappa shape index (κ2) is 5.31. The molecule has 0 aliphatic heterocycles.